The van der Waals surface area contributed by atoms with Crippen LogP contribution in [-0.2, 0) is 4.79 Å². The highest BCUT2D eigenvalue weighted by Crippen LogP contribution is 2.21. The Bertz CT molecular complexity index is 403. The van der Waals surface area contributed by atoms with Crippen molar-refractivity contribution >= 4 is 24.0 Å². The summed E-state index contributed by atoms with van der Waals surface area (Å²) in [5.41, 5.74) is 7.10. The van der Waals surface area contributed by atoms with Gasteiger partial charge in [0.05, 0.1) is 5.41 Å². The van der Waals surface area contributed by atoms with E-state index >= 15 is 0 Å². The molecule has 4 heteroatoms. The van der Waals surface area contributed by atoms with Gasteiger partial charge in [0.25, 0.3) is 0 Å². The van der Waals surface area contributed by atoms with E-state index in [2.05, 4.69) is 25.2 Å². The van der Waals surface area contributed by atoms with Gasteiger partial charge < -0.3 is 11.1 Å². The van der Waals surface area contributed by atoms with E-state index in [1.165, 1.54) is 5.56 Å². The van der Waals surface area contributed by atoms with Crippen LogP contribution in [0.1, 0.15) is 39.2 Å². The topological polar surface area (TPSA) is 55.1 Å². The fraction of sp³-hybridized carbons (Fsp3) is 0.500. The molecule has 1 rings (SSSR count). The number of hydrogen-bond donors (Lipinski definition) is 2. The molecular weight excluding hydrogens is 248 g/mol. The summed E-state index contributed by atoms with van der Waals surface area (Å²) in [7, 11) is 0. The van der Waals surface area contributed by atoms with Crippen LogP contribution >= 0.6 is 12.4 Å². The van der Waals surface area contributed by atoms with E-state index in [0.29, 0.717) is 12.5 Å². The van der Waals surface area contributed by atoms with Gasteiger partial charge in [-0.3, -0.25) is 4.79 Å². The summed E-state index contributed by atoms with van der Waals surface area (Å²) in [6.45, 7) is 8.28. The fourth-order valence-electron chi connectivity index (χ4n) is 1.37. The minimum absolute atomic E-state index is 0. The van der Waals surface area contributed by atoms with Gasteiger partial charge in [-0.2, -0.15) is 0 Å². The molecule has 1 aromatic rings. The van der Waals surface area contributed by atoms with Gasteiger partial charge >= 0.3 is 0 Å². The van der Waals surface area contributed by atoms with Crippen LogP contribution in [0.2, 0.25) is 0 Å². The maximum absolute atomic E-state index is 12.0. The first kappa shape index (κ1) is 16.9. The number of anilines is 1. The highest BCUT2D eigenvalue weighted by Gasteiger charge is 2.25. The van der Waals surface area contributed by atoms with Crippen LogP contribution in [0.5, 0.6) is 0 Å². The molecule has 0 aliphatic rings. The molecule has 18 heavy (non-hydrogen) atoms. The number of hydrogen-bond acceptors (Lipinski definition) is 2. The van der Waals surface area contributed by atoms with E-state index in [1.54, 1.807) is 0 Å². The predicted octanol–water partition coefficient (Wildman–Crippen LogP) is 3.16. The summed E-state index contributed by atoms with van der Waals surface area (Å²) in [5, 5.41) is 2.91. The SMILES string of the molecule is CC(C)c1cccc(NC(=O)C(C)(C)CN)c1.Cl. The molecular formula is C14H23ClN2O. The molecule has 0 bridgehead atoms. The van der Waals surface area contributed by atoms with Crippen molar-refractivity contribution in [1.29, 1.82) is 0 Å². The van der Waals surface area contributed by atoms with E-state index in [0.717, 1.165) is 5.69 Å². The molecule has 1 amide bonds. The summed E-state index contributed by atoms with van der Waals surface area (Å²) in [6.07, 6.45) is 0. The van der Waals surface area contributed by atoms with Crippen molar-refractivity contribution in [3.63, 3.8) is 0 Å². The van der Waals surface area contributed by atoms with Crippen molar-refractivity contribution < 1.29 is 4.79 Å². The molecule has 0 saturated heterocycles. The fourth-order valence-corrected chi connectivity index (χ4v) is 1.37. The molecule has 0 aliphatic heterocycles. The number of halogens is 1. The third kappa shape index (κ3) is 4.31. The van der Waals surface area contributed by atoms with E-state index in [9.17, 15) is 4.79 Å². The molecule has 3 N–H and O–H groups in total. The van der Waals surface area contributed by atoms with Crippen LogP contribution in [0.3, 0.4) is 0 Å². The van der Waals surface area contributed by atoms with Crippen LogP contribution in [0, 0.1) is 5.41 Å². The molecule has 0 heterocycles. The van der Waals surface area contributed by atoms with Crippen LogP contribution in [0.15, 0.2) is 24.3 Å². The van der Waals surface area contributed by atoms with Crippen LogP contribution in [-0.4, -0.2) is 12.5 Å². The molecule has 0 radical (unpaired) electrons. The maximum atomic E-state index is 12.0. The lowest BCUT2D eigenvalue weighted by Gasteiger charge is -2.21. The van der Waals surface area contributed by atoms with E-state index in [1.807, 2.05) is 32.0 Å². The number of carbonyl (C=O) groups excluding carboxylic acids is 1. The predicted molar refractivity (Wildman–Crippen MR) is 79.2 cm³/mol. The lowest BCUT2D eigenvalue weighted by molar-refractivity contribution is -0.123. The quantitative estimate of drug-likeness (QED) is 0.883. The molecule has 0 atom stereocenters. The summed E-state index contributed by atoms with van der Waals surface area (Å²) < 4.78 is 0. The van der Waals surface area contributed by atoms with Crippen molar-refractivity contribution in [3.05, 3.63) is 29.8 Å². The first-order valence-corrected chi connectivity index (χ1v) is 5.98. The molecule has 0 fully saturated rings. The summed E-state index contributed by atoms with van der Waals surface area (Å²) in [6, 6.07) is 7.93. The highest BCUT2D eigenvalue weighted by molar-refractivity contribution is 5.95. The van der Waals surface area contributed by atoms with Gasteiger partial charge in [0, 0.05) is 12.2 Å². The number of amides is 1. The largest absolute Gasteiger partial charge is 0.329 e. The van der Waals surface area contributed by atoms with Crippen molar-refractivity contribution in [1.82, 2.24) is 0 Å². The number of carbonyl (C=O) groups is 1. The summed E-state index contributed by atoms with van der Waals surface area (Å²) in [5.74, 6) is 0.412. The monoisotopic (exact) mass is 270 g/mol. The van der Waals surface area contributed by atoms with Gasteiger partial charge in [-0.15, -0.1) is 12.4 Å². The Hall–Kier alpha value is -1.06. The second-order valence-corrected chi connectivity index (χ2v) is 5.32. The number of rotatable bonds is 4. The zero-order valence-electron chi connectivity index (χ0n) is 11.5. The van der Waals surface area contributed by atoms with Crippen molar-refractivity contribution in [2.45, 2.75) is 33.6 Å². The van der Waals surface area contributed by atoms with Gasteiger partial charge in [-0.05, 0) is 37.5 Å². The van der Waals surface area contributed by atoms with Crippen molar-refractivity contribution in [2.24, 2.45) is 11.1 Å². The lowest BCUT2D eigenvalue weighted by atomic mass is 9.92. The molecule has 0 aliphatic carbocycles. The second-order valence-electron chi connectivity index (χ2n) is 5.32. The zero-order valence-corrected chi connectivity index (χ0v) is 12.3. The van der Waals surface area contributed by atoms with Gasteiger partial charge in [0.1, 0.15) is 0 Å². The van der Waals surface area contributed by atoms with E-state index in [4.69, 9.17) is 5.73 Å². The molecule has 0 spiro atoms. The molecule has 0 aromatic heterocycles. The smallest absolute Gasteiger partial charge is 0.231 e. The Morgan fingerprint density at radius 3 is 2.50 bits per heavy atom. The second kappa shape index (κ2) is 6.76. The highest BCUT2D eigenvalue weighted by atomic mass is 35.5. The average Bonchev–Trinajstić information content (AvgIpc) is 2.29. The van der Waals surface area contributed by atoms with Crippen LogP contribution in [0.25, 0.3) is 0 Å². The molecule has 0 unspecified atom stereocenters. The minimum atomic E-state index is -0.534. The molecule has 102 valence electrons. The van der Waals surface area contributed by atoms with Crippen LogP contribution < -0.4 is 11.1 Å². The molecule has 0 saturated carbocycles. The van der Waals surface area contributed by atoms with Crippen LogP contribution in [0.4, 0.5) is 5.69 Å². The number of nitrogens with one attached hydrogen (secondary N) is 1. The normalized spacial score (nSPS) is 11.0. The van der Waals surface area contributed by atoms with Gasteiger partial charge in [-0.1, -0.05) is 26.0 Å². The molecule has 3 nitrogen and oxygen atoms in total. The van der Waals surface area contributed by atoms with Gasteiger partial charge in [0.15, 0.2) is 0 Å². The summed E-state index contributed by atoms with van der Waals surface area (Å²) >= 11 is 0. The zero-order chi connectivity index (χ0) is 13.1. The van der Waals surface area contributed by atoms with E-state index in [-0.39, 0.29) is 18.3 Å². The Kier molecular flexibility index (Phi) is 6.36. The Labute approximate surface area is 116 Å². The van der Waals surface area contributed by atoms with Gasteiger partial charge in [-0.25, -0.2) is 0 Å². The maximum Gasteiger partial charge on any atom is 0.231 e. The number of benzene rings is 1. The molecule has 1 aromatic carbocycles. The van der Waals surface area contributed by atoms with E-state index < -0.39 is 5.41 Å². The Morgan fingerprint density at radius 1 is 1.39 bits per heavy atom. The first-order valence-electron chi connectivity index (χ1n) is 5.98. The Balaban J connectivity index is 0.00000289. The Morgan fingerprint density at radius 2 is 2.00 bits per heavy atom. The summed E-state index contributed by atoms with van der Waals surface area (Å²) in [4.78, 5) is 12.0. The number of nitrogens with two attached hydrogens (primary N) is 1. The van der Waals surface area contributed by atoms with Gasteiger partial charge in [0.2, 0.25) is 5.91 Å². The average molecular weight is 271 g/mol. The third-order valence-electron chi connectivity index (χ3n) is 2.94. The minimum Gasteiger partial charge on any atom is -0.329 e. The first-order chi connectivity index (χ1) is 7.86. The standard InChI is InChI=1S/C14H22N2O.ClH/c1-10(2)11-6-5-7-12(8-11)16-13(17)14(3,4)9-15;/h5-8,10H,9,15H2,1-4H3,(H,16,17);1H. The third-order valence-corrected chi connectivity index (χ3v) is 2.94. The van der Waals surface area contributed by atoms with Crippen molar-refractivity contribution in [3.8, 4) is 0 Å². The van der Waals surface area contributed by atoms with Crippen molar-refractivity contribution in [2.75, 3.05) is 11.9 Å². The lowest BCUT2D eigenvalue weighted by Crippen LogP contribution is -2.37.